The van der Waals surface area contributed by atoms with Crippen molar-refractivity contribution in [3.63, 3.8) is 0 Å². The lowest BCUT2D eigenvalue weighted by Crippen LogP contribution is -2.61. The Hall–Kier alpha value is -1.80. The first-order valence-corrected chi connectivity index (χ1v) is 22.5. The average molecular weight is 874 g/mol. The summed E-state index contributed by atoms with van der Waals surface area (Å²) >= 11 is 0. The maximum Gasteiger partial charge on any atom is 0.311 e. The van der Waals surface area contributed by atoms with Crippen LogP contribution in [0, 0.1) is 23.7 Å². The number of rotatable bonds is 14. The summed E-state index contributed by atoms with van der Waals surface area (Å²) in [7, 11) is 5.25. The first-order valence-electron chi connectivity index (χ1n) is 22.5. The van der Waals surface area contributed by atoms with E-state index < -0.39 is 102 Å². The molecule has 16 nitrogen and oxygen atoms in total. The zero-order valence-electron chi connectivity index (χ0n) is 39.8. The molecular weight excluding hydrogens is 791 g/mol. The quantitative estimate of drug-likeness (QED) is 0.0735. The van der Waals surface area contributed by atoms with Crippen LogP contribution in [-0.4, -0.2) is 179 Å². The predicted molar refractivity (Wildman–Crippen MR) is 232 cm³/mol. The molecule has 0 saturated carbocycles. The highest BCUT2D eigenvalue weighted by molar-refractivity contribution is 5.88. The molecule has 0 aliphatic carbocycles. The van der Waals surface area contributed by atoms with E-state index in [4.69, 9.17) is 33.3 Å². The molecule has 3 saturated heterocycles. The molecule has 0 aromatic carbocycles. The van der Waals surface area contributed by atoms with Gasteiger partial charge in [0.25, 0.3) is 0 Å². The van der Waals surface area contributed by atoms with E-state index in [1.807, 2.05) is 45.0 Å². The number of esters is 1. The number of hydrogen-bond donors (Lipinski definition) is 5. The second kappa shape index (κ2) is 22.9. The van der Waals surface area contributed by atoms with Gasteiger partial charge in [-0.3, -0.25) is 4.79 Å². The van der Waals surface area contributed by atoms with Gasteiger partial charge < -0.3 is 68.6 Å². The number of nitrogens with zero attached hydrogens (tertiary/aromatic N) is 3. The predicted octanol–water partition coefficient (Wildman–Crippen LogP) is 3.49. The molecule has 61 heavy (non-hydrogen) atoms. The highest BCUT2D eigenvalue weighted by atomic mass is 16.7. The molecule has 3 aliphatic heterocycles. The van der Waals surface area contributed by atoms with Crippen LogP contribution < -0.4 is 0 Å². The Bertz CT molecular complexity index is 1410. The van der Waals surface area contributed by atoms with Gasteiger partial charge in [-0.05, 0) is 94.1 Å². The van der Waals surface area contributed by atoms with Crippen molar-refractivity contribution >= 4 is 11.7 Å². The summed E-state index contributed by atoms with van der Waals surface area (Å²) in [6, 6.07) is -0.319. The summed E-state index contributed by atoms with van der Waals surface area (Å²) in [5, 5.41) is 64.1. The van der Waals surface area contributed by atoms with Gasteiger partial charge in [0.2, 0.25) is 0 Å². The topological polar surface area (TPSA) is 202 Å². The van der Waals surface area contributed by atoms with Gasteiger partial charge in [0.1, 0.15) is 30.5 Å². The van der Waals surface area contributed by atoms with E-state index in [0.717, 1.165) is 19.6 Å². The molecule has 8 unspecified atom stereocenters. The molecule has 0 aromatic rings. The van der Waals surface area contributed by atoms with Gasteiger partial charge in [0.05, 0.1) is 53.4 Å². The minimum atomic E-state index is -1.94. The molecule has 18 atom stereocenters. The minimum absolute atomic E-state index is 0.00430. The lowest BCUT2D eigenvalue weighted by Gasteiger charge is -2.49. The van der Waals surface area contributed by atoms with Crippen LogP contribution in [0.1, 0.15) is 109 Å². The Balaban J connectivity index is 2.21. The molecule has 3 fully saturated rings. The molecule has 16 heteroatoms. The maximum atomic E-state index is 14.4. The van der Waals surface area contributed by atoms with E-state index in [2.05, 4.69) is 23.9 Å². The standard InChI is InChI=1S/C45H83N3O13/c1-16-33-45(12,54)38(50)28(6)35(46-56-22-20-19-21-48(17-2)18-3)26(4)24-43(10,53)40(61-42-36(49)32(47(13)14)23-27(5)57-42)29(7)37(30(8)41(52)59-33)60-34-25-44(11,55-15)39(51)31(9)58-34/h19-20,26-34,36-40,42,49-51,53-54H,16-18,21-25H2,1-15H3/b20-19+,46-35?/t26-,27?,28+,29+,30-,31?,32?,33-,34?,36?,37+,38-,39?,40-,42?,43-,44?,45-/m1/s1. The second-order valence-electron chi connectivity index (χ2n) is 18.8. The summed E-state index contributed by atoms with van der Waals surface area (Å²) in [5.74, 6) is -4.01. The smallest absolute Gasteiger partial charge is 0.311 e. The second-order valence-corrected chi connectivity index (χ2v) is 18.8. The number of hydrogen-bond acceptors (Lipinski definition) is 16. The molecule has 5 N–H and O–H groups in total. The van der Waals surface area contributed by atoms with Crippen molar-refractivity contribution in [2.24, 2.45) is 28.8 Å². The van der Waals surface area contributed by atoms with Crippen LogP contribution in [0.3, 0.4) is 0 Å². The third kappa shape index (κ3) is 13.2. The fraction of sp³-hybridized carbons (Fsp3) is 0.911. The number of carbonyl (C=O) groups is 1. The average Bonchev–Trinajstić information content (AvgIpc) is 3.20. The van der Waals surface area contributed by atoms with Gasteiger partial charge in [0.15, 0.2) is 12.6 Å². The summed E-state index contributed by atoms with van der Waals surface area (Å²) in [6.45, 7) is 24.1. The van der Waals surface area contributed by atoms with Crippen LogP contribution in [0.15, 0.2) is 17.3 Å². The van der Waals surface area contributed by atoms with Crippen LogP contribution >= 0.6 is 0 Å². The van der Waals surface area contributed by atoms with Gasteiger partial charge >= 0.3 is 5.97 Å². The van der Waals surface area contributed by atoms with Gasteiger partial charge in [0, 0.05) is 43.9 Å². The monoisotopic (exact) mass is 874 g/mol. The van der Waals surface area contributed by atoms with Crippen LogP contribution in [-0.2, 0) is 38.1 Å². The van der Waals surface area contributed by atoms with Crippen molar-refractivity contribution in [1.29, 1.82) is 0 Å². The first-order chi connectivity index (χ1) is 28.4. The number of carbonyl (C=O) groups excluding carboxylic acids is 1. The third-order valence-corrected chi connectivity index (χ3v) is 13.6. The van der Waals surface area contributed by atoms with Crippen molar-refractivity contribution in [3.05, 3.63) is 12.2 Å². The van der Waals surface area contributed by atoms with Crippen molar-refractivity contribution in [1.82, 2.24) is 9.80 Å². The summed E-state index contributed by atoms with van der Waals surface area (Å²) in [6.07, 6.45) is -5.42. The van der Waals surface area contributed by atoms with Gasteiger partial charge in [-0.1, -0.05) is 52.8 Å². The Morgan fingerprint density at radius 2 is 1.52 bits per heavy atom. The normalized spacial score (nSPS) is 44.4. The highest BCUT2D eigenvalue weighted by Gasteiger charge is 2.53. The Labute approximate surface area is 365 Å². The fourth-order valence-electron chi connectivity index (χ4n) is 9.52. The molecular formula is C45H83N3O13. The molecule has 3 rings (SSSR count). The molecule has 0 radical (unpaired) electrons. The van der Waals surface area contributed by atoms with Crippen molar-refractivity contribution in [3.8, 4) is 0 Å². The zero-order valence-corrected chi connectivity index (χ0v) is 39.8. The lowest BCUT2D eigenvalue weighted by molar-refractivity contribution is -0.317. The van der Waals surface area contributed by atoms with Crippen LogP contribution in [0.5, 0.6) is 0 Å². The van der Waals surface area contributed by atoms with E-state index in [1.165, 1.54) is 14.0 Å². The number of aliphatic hydroxyl groups excluding tert-OH is 3. The number of cyclic esters (lactones) is 1. The highest BCUT2D eigenvalue weighted by Crippen LogP contribution is 2.41. The summed E-state index contributed by atoms with van der Waals surface area (Å²) in [5.41, 5.74) is -4.37. The van der Waals surface area contributed by atoms with Gasteiger partial charge in [-0.15, -0.1) is 0 Å². The first kappa shape index (κ1) is 53.5. The Morgan fingerprint density at radius 3 is 2.10 bits per heavy atom. The van der Waals surface area contributed by atoms with Crippen molar-refractivity contribution < 1.29 is 63.6 Å². The van der Waals surface area contributed by atoms with E-state index in [-0.39, 0.29) is 38.0 Å². The van der Waals surface area contributed by atoms with Crippen molar-refractivity contribution in [2.45, 2.75) is 193 Å². The number of methoxy groups -OCH3 is 1. The minimum Gasteiger partial charge on any atom is -0.459 e. The largest absolute Gasteiger partial charge is 0.459 e. The summed E-state index contributed by atoms with van der Waals surface area (Å²) < 4.78 is 37.9. The molecule has 0 bridgehead atoms. The fourth-order valence-corrected chi connectivity index (χ4v) is 9.52. The number of ether oxygens (including phenoxy) is 6. The number of oxime groups is 1. The zero-order chi connectivity index (χ0) is 46.2. The SMILES string of the molecule is CC[C@H]1OC(=O)[C@H](C)[C@@H](OC2CC(C)(OC)C(O)C(C)O2)[C@H](C)[C@@H](OC2OC(C)CC(N(C)C)C2O)[C@](C)(O)C[C@@H](C)C(=NOC/C=C/CN(CC)CC)[C@H](C)[C@@H](O)[C@]1(C)O. The van der Waals surface area contributed by atoms with E-state index in [9.17, 15) is 30.3 Å². The molecule has 356 valence electrons. The Morgan fingerprint density at radius 1 is 0.885 bits per heavy atom. The molecule has 0 spiro atoms. The number of aliphatic hydroxyl groups is 5. The summed E-state index contributed by atoms with van der Waals surface area (Å²) in [4.78, 5) is 24.4. The van der Waals surface area contributed by atoms with Crippen LogP contribution in [0.4, 0.5) is 0 Å². The molecule has 3 heterocycles. The van der Waals surface area contributed by atoms with E-state index in [1.54, 1.807) is 48.5 Å². The molecule has 0 aromatic heterocycles. The van der Waals surface area contributed by atoms with Crippen LogP contribution in [0.2, 0.25) is 0 Å². The van der Waals surface area contributed by atoms with E-state index >= 15 is 0 Å². The van der Waals surface area contributed by atoms with E-state index in [0.29, 0.717) is 12.1 Å². The maximum absolute atomic E-state index is 14.4. The molecule has 3 aliphatic rings. The van der Waals surface area contributed by atoms with Gasteiger partial charge in [-0.2, -0.15) is 0 Å². The van der Waals surface area contributed by atoms with Crippen molar-refractivity contribution in [2.75, 3.05) is 47.4 Å². The Kier molecular flexibility index (Phi) is 20.1. The van der Waals surface area contributed by atoms with Gasteiger partial charge in [-0.25, -0.2) is 0 Å². The third-order valence-electron chi connectivity index (χ3n) is 13.6. The van der Waals surface area contributed by atoms with Crippen LogP contribution in [0.25, 0.3) is 0 Å². The lowest BCUT2D eigenvalue weighted by atomic mass is 9.73. The molecule has 0 amide bonds. The number of likely N-dealkylation sites (N-methyl/N-ethyl adjacent to an activating group) is 2.